The topological polar surface area (TPSA) is 43.7 Å². The first-order valence-corrected chi connectivity index (χ1v) is 6.39. The van der Waals surface area contributed by atoms with Gasteiger partial charge < -0.3 is 14.9 Å². The maximum atomic E-state index is 13.2. The van der Waals surface area contributed by atoms with Crippen molar-refractivity contribution in [2.45, 2.75) is 13.5 Å². The molecule has 2 N–H and O–H groups in total. The van der Waals surface area contributed by atoms with Crippen molar-refractivity contribution >= 4 is 18.3 Å². The summed E-state index contributed by atoms with van der Waals surface area (Å²) in [6, 6.07) is 12.1. The van der Waals surface area contributed by atoms with E-state index in [1.807, 2.05) is 43.1 Å². The van der Waals surface area contributed by atoms with E-state index in [1.54, 1.807) is 6.07 Å². The van der Waals surface area contributed by atoms with E-state index < -0.39 is 12.9 Å². The van der Waals surface area contributed by atoms with Crippen LogP contribution < -0.4 is 10.4 Å². The van der Waals surface area contributed by atoms with Gasteiger partial charge in [0.05, 0.1) is 0 Å². The van der Waals surface area contributed by atoms with E-state index in [4.69, 9.17) is 0 Å². The van der Waals surface area contributed by atoms with Crippen LogP contribution in [0, 0.1) is 12.7 Å². The molecule has 104 valence electrons. The third-order valence-corrected chi connectivity index (χ3v) is 3.27. The summed E-state index contributed by atoms with van der Waals surface area (Å²) in [6.07, 6.45) is 0. The zero-order valence-electron chi connectivity index (χ0n) is 11.5. The molecule has 0 radical (unpaired) electrons. The van der Waals surface area contributed by atoms with E-state index in [0.29, 0.717) is 12.1 Å². The van der Waals surface area contributed by atoms with Crippen molar-refractivity contribution in [3.8, 4) is 0 Å². The van der Waals surface area contributed by atoms with E-state index in [9.17, 15) is 14.4 Å². The van der Waals surface area contributed by atoms with Crippen molar-refractivity contribution in [1.29, 1.82) is 0 Å². The van der Waals surface area contributed by atoms with Crippen molar-refractivity contribution in [1.82, 2.24) is 0 Å². The maximum Gasteiger partial charge on any atom is 0.488 e. The van der Waals surface area contributed by atoms with Crippen LogP contribution in [0.15, 0.2) is 42.5 Å². The van der Waals surface area contributed by atoms with Gasteiger partial charge in [0.1, 0.15) is 5.82 Å². The molecule has 0 aliphatic heterocycles. The second kappa shape index (κ2) is 6.07. The van der Waals surface area contributed by atoms with E-state index in [-0.39, 0.29) is 5.46 Å². The Morgan fingerprint density at radius 1 is 1.10 bits per heavy atom. The fourth-order valence-corrected chi connectivity index (χ4v) is 2.10. The highest BCUT2D eigenvalue weighted by molar-refractivity contribution is 6.59. The second-order valence-electron chi connectivity index (χ2n) is 4.91. The Morgan fingerprint density at radius 3 is 2.35 bits per heavy atom. The van der Waals surface area contributed by atoms with Crippen LogP contribution in [0.1, 0.15) is 11.1 Å². The van der Waals surface area contributed by atoms with E-state index in [0.717, 1.165) is 11.8 Å². The molecule has 5 heteroatoms. The number of nitrogens with zero attached hydrogens (tertiary/aromatic N) is 1. The Labute approximate surface area is 118 Å². The lowest BCUT2D eigenvalue weighted by atomic mass is 9.77. The summed E-state index contributed by atoms with van der Waals surface area (Å²) in [6.45, 7) is 2.49. The fourth-order valence-electron chi connectivity index (χ4n) is 2.10. The summed E-state index contributed by atoms with van der Waals surface area (Å²) in [7, 11) is 0.230. The van der Waals surface area contributed by atoms with Crippen LogP contribution in [0.3, 0.4) is 0 Å². The predicted octanol–water partition coefficient (Wildman–Crippen LogP) is 1.45. The van der Waals surface area contributed by atoms with Gasteiger partial charge in [0.15, 0.2) is 0 Å². The lowest BCUT2D eigenvalue weighted by Gasteiger charge is -2.21. The van der Waals surface area contributed by atoms with Gasteiger partial charge in [0.25, 0.3) is 0 Å². The highest BCUT2D eigenvalue weighted by Gasteiger charge is 2.17. The molecular formula is C15H17BFNO2. The minimum atomic E-state index is -1.67. The van der Waals surface area contributed by atoms with Crippen LogP contribution in [0.25, 0.3) is 0 Å². The van der Waals surface area contributed by atoms with Crippen molar-refractivity contribution in [2.75, 3.05) is 11.9 Å². The van der Waals surface area contributed by atoms with Gasteiger partial charge in [-0.15, -0.1) is 0 Å². The van der Waals surface area contributed by atoms with Crippen LogP contribution in [-0.2, 0) is 6.54 Å². The number of aryl methyl sites for hydroxylation is 1. The number of hydrogen-bond donors (Lipinski definition) is 2. The Hall–Kier alpha value is -1.85. The summed E-state index contributed by atoms with van der Waals surface area (Å²) in [5.74, 6) is -0.477. The molecule has 0 fully saturated rings. The quantitative estimate of drug-likeness (QED) is 0.829. The largest absolute Gasteiger partial charge is 0.488 e. The number of halogens is 1. The molecule has 2 aromatic carbocycles. The van der Waals surface area contributed by atoms with Gasteiger partial charge in [0.2, 0.25) is 0 Å². The predicted molar refractivity (Wildman–Crippen MR) is 79.5 cm³/mol. The average Bonchev–Trinajstić information content (AvgIpc) is 2.41. The highest BCUT2D eigenvalue weighted by atomic mass is 19.1. The third kappa shape index (κ3) is 3.38. The third-order valence-electron chi connectivity index (χ3n) is 3.27. The molecule has 0 heterocycles. The molecular weight excluding hydrogens is 256 g/mol. The number of anilines is 1. The minimum Gasteiger partial charge on any atom is -0.423 e. The van der Waals surface area contributed by atoms with Crippen LogP contribution >= 0.6 is 0 Å². The van der Waals surface area contributed by atoms with E-state index >= 15 is 0 Å². The Morgan fingerprint density at radius 2 is 1.75 bits per heavy atom. The SMILES string of the molecule is Cc1ccc(N(C)Cc2ccc(F)cc2B(O)O)cc1. The van der Waals surface area contributed by atoms with Gasteiger partial charge in [0, 0.05) is 19.3 Å². The summed E-state index contributed by atoms with van der Waals surface area (Å²) in [4.78, 5) is 1.97. The average molecular weight is 273 g/mol. The Balaban J connectivity index is 2.23. The van der Waals surface area contributed by atoms with Gasteiger partial charge in [-0.3, -0.25) is 0 Å². The number of benzene rings is 2. The lowest BCUT2D eigenvalue weighted by Crippen LogP contribution is -2.35. The van der Waals surface area contributed by atoms with Crippen molar-refractivity contribution in [2.24, 2.45) is 0 Å². The molecule has 0 bridgehead atoms. The molecule has 0 amide bonds. The van der Waals surface area contributed by atoms with Gasteiger partial charge in [-0.05, 0) is 42.2 Å². The van der Waals surface area contributed by atoms with Crippen LogP contribution in [0.2, 0.25) is 0 Å². The first-order chi connectivity index (χ1) is 9.47. The maximum absolute atomic E-state index is 13.2. The number of hydrogen-bond acceptors (Lipinski definition) is 3. The smallest absolute Gasteiger partial charge is 0.423 e. The standard InChI is InChI=1S/C15H17BFNO2/c1-11-3-7-14(8-4-11)18(2)10-12-5-6-13(17)9-15(12)16(19)20/h3-9,19-20H,10H2,1-2H3. The molecule has 0 saturated carbocycles. The molecule has 0 aliphatic rings. The second-order valence-corrected chi connectivity index (χ2v) is 4.91. The summed E-state index contributed by atoms with van der Waals surface area (Å²) >= 11 is 0. The van der Waals surface area contributed by atoms with Gasteiger partial charge >= 0.3 is 7.12 Å². The molecule has 0 aliphatic carbocycles. The Kier molecular flexibility index (Phi) is 4.42. The summed E-state index contributed by atoms with van der Waals surface area (Å²) < 4.78 is 13.2. The molecule has 0 spiro atoms. The normalized spacial score (nSPS) is 10.4. The minimum absolute atomic E-state index is 0.198. The highest BCUT2D eigenvalue weighted by Crippen LogP contribution is 2.16. The van der Waals surface area contributed by atoms with Crippen LogP contribution in [-0.4, -0.2) is 24.2 Å². The first-order valence-electron chi connectivity index (χ1n) is 6.39. The summed E-state index contributed by atoms with van der Waals surface area (Å²) in [5.41, 5.74) is 3.07. The van der Waals surface area contributed by atoms with Gasteiger partial charge in [-0.2, -0.15) is 0 Å². The van der Waals surface area contributed by atoms with E-state index in [2.05, 4.69) is 0 Å². The molecule has 0 saturated heterocycles. The molecule has 0 aromatic heterocycles. The fraction of sp³-hybridized carbons (Fsp3) is 0.200. The molecule has 20 heavy (non-hydrogen) atoms. The molecule has 2 rings (SSSR count). The summed E-state index contributed by atoms with van der Waals surface area (Å²) in [5, 5.41) is 18.6. The first kappa shape index (κ1) is 14.6. The molecule has 3 nitrogen and oxygen atoms in total. The van der Waals surface area contributed by atoms with Gasteiger partial charge in [-0.25, -0.2) is 4.39 Å². The number of rotatable bonds is 4. The van der Waals surface area contributed by atoms with Crippen molar-refractivity contribution in [3.63, 3.8) is 0 Å². The molecule has 0 atom stereocenters. The van der Waals surface area contributed by atoms with Crippen LogP contribution in [0.5, 0.6) is 0 Å². The van der Waals surface area contributed by atoms with Crippen molar-refractivity contribution < 1.29 is 14.4 Å². The monoisotopic (exact) mass is 273 g/mol. The van der Waals surface area contributed by atoms with Gasteiger partial charge in [-0.1, -0.05) is 23.8 Å². The lowest BCUT2D eigenvalue weighted by molar-refractivity contribution is 0.425. The van der Waals surface area contributed by atoms with E-state index in [1.165, 1.54) is 11.6 Å². The molecule has 0 unspecified atom stereocenters. The zero-order valence-corrected chi connectivity index (χ0v) is 11.5. The Bertz CT molecular complexity index is 587. The van der Waals surface area contributed by atoms with Crippen molar-refractivity contribution in [3.05, 3.63) is 59.4 Å². The van der Waals surface area contributed by atoms with Crippen LogP contribution in [0.4, 0.5) is 10.1 Å². The zero-order chi connectivity index (χ0) is 14.7. The molecule has 2 aromatic rings.